The van der Waals surface area contributed by atoms with Gasteiger partial charge in [-0.3, -0.25) is 0 Å². The van der Waals surface area contributed by atoms with Crippen LogP contribution in [0.5, 0.6) is 0 Å². The number of fused-ring (bicyclic) bond motifs is 10. The number of hydrogen-bond acceptors (Lipinski definition) is 0. The predicted octanol–water partition coefficient (Wildman–Crippen LogP) is 8.02. The summed E-state index contributed by atoms with van der Waals surface area (Å²) in [4.78, 5) is 0. The Bertz CT molecular complexity index is 1410. The summed E-state index contributed by atoms with van der Waals surface area (Å²) in [7, 11) is 0. The summed E-state index contributed by atoms with van der Waals surface area (Å²) >= 11 is 6.79. The molecule has 2 atom stereocenters. The molecule has 0 radical (unpaired) electrons. The number of halogens is 1. The molecule has 0 aromatic heterocycles. The van der Waals surface area contributed by atoms with Gasteiger partial charge in [-0.15, -0.1) is 0 Å². The molecule has 0 amide bonds. The first-order valence-electron chi connectivity index (χ1n) is 11.2. The van der Waals surface area contributed by atoms with Gasteiger partial charge in [0, 0.05) is 16.9 Å². The van der Waals surface area contributed by atoms with Crippen LogP contribution in [0.1, 0.15) is 33.7 Å². The van der Waals surface area contributed by atoms with Gasteiger partial charge in [0.25, 0.3) is 0 Å². The third kappa shape index (κ3) is 2.13. The molecule has 0 saturated carbocycles. The Balaban J connectivity index is 1.63. The van der Waals surface area contributed by atoms with Gasteiger partial charge in [-0.1, -0.05) is 121 Å². The fourth-order valence-electron chi connectivity index (χ4n) is 6.63. The van der Waals surface area contributed by atoms with Gasteiger partial charge in [-0.25, -0.2) is 0 Å². The van der Waals surface area contributed by atoms with E-state index in [4.69, 9.17) is 11.6 Å². The van der Waals surface area contributed by atoms with Crippen LogP contribution in [0.15, 0.2) is 115 Å². The average Bonchev–Trinajstić information content (AvgIpc) is 3.32. The second kappa shape index (κ2) is 6.58. The minimum absolute atomic E-state index is 0.232. The molecular weight excluding hydrogens is 408 g/mol. The van der Waals surface area contributed by atoms with Crippen LogP contribution in [-0.2, 0) is 5.41 Å². The van der Waals surface area contributed by atoms with Crippen LogP contribution in [0.4, 0.5) is 0 Å². The van der Waals surface area contributed by atoms with Crippen molar-refractivity contribution in [2.75, 3.05) is 0 Å². The van der Waals surface area contributed by atoms with Crippen LogP contribution in [0.2, 0.25) is 5.02 Å². The van der Waals surface area contributed by atoms with Crippen LogP contribution in [0, 0.1) is 5.92 Å². The van der Waals surface area contributed by atoms with Gasteiger partial charge in [-0.2, -0.15) is 0 Å². The van der Waals surface area contributed by atoms with Gasteiger partial charge in [0.05, 0.1) is 5.41 Å². The van der Waals surface area contributed by atoms with E-state index in [1.807, 2.05) is 12.1 Å². The van der Waals surface area contributed by atoms with E-state index in [0.29, 0.717) is 5.92 Å². The normalized spacial score (nSPS) is 21.0. The minimum Gasteiger partial charge on any atom is -0.0837 e. The summed E-state index contributed by atoms with van der Waals surface area (Å²) in [5.41, 5.74) is 10.6. The zero-order valence-corrected chi connectivity index (χ0v) is 18.3. The molecule has 3 aliphatic rings. The number of hydrogen-bond donors (Lipinski definition) is 0. The van der Waals surface area contributed by atoms with Crippen molar-refractivity contribution in [1.29, 1.82) is 0 Å². The van der Waals surface area contributed by atoms with E-state index in [9.17, 15) is 0 Å². The van der Waals surface area contributed by atoms with E-state index in [2.05, 4.69) is 103 Å². The smallest absolute Gasteiger partial charge is 0.0543 e. The van der Waals surface area contributed by atoms with Crippen LogP contribution in [-0.4, -0.2) is 0 Å². The van der Waals surface area contributed by atoms with Gasteiger partial charge < -0.3 is 0 Å². The standard InChI is InChI=1S/C31H21Cl/c32-29-19-8-4-13-23(29)25-15-9-14-24-22-12-3-7-18-28(22)31(30(24)25)26-16-5-1-10-20(26)21-11-2-6-17-27(21)31/h1-19,24,30H. The van der Waals surface area contributed by atoms with E-state index in [0.717, 1.165) is 10.6 Å². The van der Waals surface area contributed by atoms with Crippen LogP contribution >= 0.6 is 11.6 Å². The molecule has 0 saturated heterocycles. The minimum atomic E-state index is -0.232. The highest BCUT2D eigenvalue weighted by atomic mass is 35.5. The van der Waals surface area contributed by atoms with Crippen LogP contribution in [0.25, 0.3) is 16.7 Å². The van der Waals surface area contributed by atoms with Crippen molar-refractivity contribution in [2.24, 2.45) is 5.92 Å². The third-order valence-corrected chi connectivity index (χ3v) is 8.01. The lowest BCUT2D eigenvalue weighted by atomic mass is 9.62. The maximum atomic E-state index is 6.79. The summed E-state index contributed by atoms with van der Waals surface area (Å²) in [6.45, 7) is 0. The Labute approximate surface area is 193 Å². The highest BCUT2D eigenvalue weighted by Gasteiger charge is 2.58. The van der Waals surface area contributed by atoms with Crippen molar-refractivity contribution < 1.29 is 0 Å². The van der Waals surface area contributed by atoms with Crippen molar-refractivity contribution in [1.82, 2.24) is 0 Å². The molecule has 0 N–H and O–H groups in total. The summed E-state index contributed by atoms with van der Waals surface area (Å²) in [6, 6.07) is 35.3. The second-order valence-corrected chi connectivity index (χ2v) is 9.38. The molecule has 0 nitrogen and oxygen atoms in total. The molecule has 4 aromatic rings. The third-order valence-electron chi connectivity index (χ3n) is 7.68. The van der Waals surface area contributed by atoms with Gasteiger partial charge in [0.2, 0.25) is 0 Å². The number of rotatable bonds is 1. The summed E-state index contributed by atoms with van der Waals surface area (Å²) < 4.78 is 0. The van der Waals surface area contributed by atoms with Crippen molar-refractivity contribution in [2.45, 2.75) is 11.3 Å². The zero-order valence-electron chi connectivity index (χ0n) is 17.5. The maximum Gasteiger partial charge on any atom is 0.0543 e. The van der Waals surface area contributed by atoms with Crippen molar-refractivity contribution in [3.05, 3.63) is 148 Å². The Hall–Kier alpha value is -3.35. The zero-order chi connectivity index (χ0) is 21.3. The fourth-order valence-corrected chi connectivity index (χ4v) is 6.88. The molecule has 0 heterocycles. The highest BCUT2D eigenvalue weighted by molar-refractivity contribution is 6.32. The van der Waals surface area contributed by atoms with Gasteiger partial charge in [-0.05, 0) is 50.6 Å². The topological polar surface area (TPSA) is 0 Å². The Morgan fingerprint density at radius 2 is 1.16 bits per heavy atom. The van der Waals surface area contributed by atoms with Gasteiger partial charge in [0.1, 0.15) is 0 Å². The highest BCUT2D eigenvalue weighted by Crippen LogP contribution is 2.67. The molecular formula is C31H21Cl. The molecule has 0 bridgehead atoms. The van der Waals surface area contributed by atoms with E-state index >= 15 is 0 Å². The van der Waals surface area contributed by atoms with E-state index in [1.165, 1.54) is 39.0 Å². The molecule has 2 unspecified atom stereocenters. The maximum absolute atomic E-state index is 6.79. The second-order valence-electron chi connectivity index (χ2n) is 8.98. The van der Waals surface area contributed by atoms with Gasteiger partial charge in [0.15, 0.2) is 0 Å². The summed E-state index contributed by atoms with van der Waals surface area (Å²) in [5, 5.41) is 0.818. The average molecular weight is 429 g/mol. The quantitative estimate of drug-likeness (QED) is 0.288. The Morgan fingerprint density at radius 3 is 1.84 bits per heavy atom. The van der Waals surface area contributed by atoms with Crippen molar-refractivity contribution in [3.8, 4) is 11.1 Å². The monoisotopic (exact) mass is 428 g/mol. The van der Waals surface area contributed by atoms with E-state index in [1.54, 1.807) is 0 Å². The predicted molar refractivity (Wildman–Crippen MR) is 133 cm³/mol. The number of allylic oxidation sites excluding steroid dienone is 4. The first-order chi connectivity index (χ1) is 15.8. The molecule has 32 heavy (non-hydrogen) atoms. The lowest BCUT2D eigenvalue weighted by Gasteiger charge is -2.39. The molecule has 1 heteroatoms. The Kier molecular flexibility index (Phi) is 3.75. The van der Waals surface area contributed by atoms with Crippen LogP contribution in [0.3, 0.4) is 0 Å². The molecule has 0 aliphatic heterocycles. The lowest BCUT2D eigenvalue weighted by molar-refractivity contribution is 0.480. The van der Waals surface area contributed by atoms with Crippen LogP contribution < -0.4 is 0 Å². The van der Waals surface area contributed by atoms with Crippen molar-refractivity contribution >= 4 is 17.2 Å². The van der Waals surface area contributed by atoms with Gasteiger partial charge >= 0.3 is 0 Å². The SMILES string of the molecule is Clc1ccccc1C1=CC=CC2c3ccccc3C3(c4ccccc4-c4ccccc43)C12. The molecule has 7 rings (SSSR count). The lowest BCUT2D eigenvalue weighted by Crippen LogP contribution is -2.35. The first-order valence-corrected chi connectivity index (χ1v) is 11.6. The molecule has 3 aliphatic carbocycles. The fraction of sp³-hybridized carbons (Fsp3) is 0.0968. The summed E-state index contributed by atoms with van der Waals surface area (Å²) in [5.74, 6) is 0.552. The molecule has 0 fully saturated rings. The molecule has 152 valence electrons. The molecule has 1 spiro atoms. The summed E-state index contributed by atoms with van der Waals surface area (Å²) in [6.07, 6.45) is 6.91. The van der Waals surface area contributed by atoms with Crippen molar-refractivity contribution in [3.63, 3.8) is 0 Å². The Morgan fingerprint density at radius 1 is 0.594 bits per heavy atom. The van der Waals surface area contributed by atoms with E-state index in [-0.39, 0.29) is 11.3 Å². The number of benzene rings is 4. The first kappa shape index (κ1) is 18.2. The largest absolute Gasteiger partial charge is 0.0837 e. The molecule has 4 aromatic carbocycles. The van der Waals surface area contributed by atoms with E-state index < -0.39 is 0 Å².